The van der Waals surface area contributed by atoms with Gasteiger partial charge in [0.2, 0.25) is 0 Å². The summed E-state index contributed by atoms with van der Waals surface area (Å²) in [5.41, 5.74) is 16.6. The highest BCUT2D eigenvalue weighted by molar-refractivity contribution is 6.11. The molecule has 0 radical (unpaired) electrons. The van der Waals surface area contributed by atoms with E-state index in [0.29, 0.717) is 0 Å². The highest BCUT2D eigenvalue weighted by Crippen LogP contribution is 2.45. The van der Waals surface area contributed by atoms with Gasteiger partial charge >= 0.3 is 0 Å². The number of fused-ring (bicyclic) bond motifs is 9. The van der Waals surface area contributed by atoms with E-state index in [1.807, 2.05) is 12.1 Å². The van der Waals surface area contributed by atoms with Crippen molar-refractivity contribution in [3.05, 3.63) is 180 Å². The van der Waals surface area contributed by atoms with Crippen molar-refractivity contribution in [2.24, 2.45) is 0 Å². The lowest BCUT2D eigenvalue weighted by Gasteiger charge is -2.13. The van der Waals surface area contributed by atoms with Crippen LogP contribution in [0.15, 0.2) is 163 Å². The van der Waals surface area contributed by atoms with Gasteiger partial charge in [0.1, 0.15) is 11.2 Å². The summed E-state index contributed by atoms with van der Waals surface area (Å²) in [6, 6.07) is 54.7. The Balaban J connectivity index is 1.08. The van der Waals surface area contributed by atoms with E-state index in [4.69, 9.17) is 4.42 Å². The van der Waals surface area contributed by atoms with Gasteiger partial charge in [0.25, 0.3) is 0 Å². The number of furan rings is 1. The van der Waals surface area contributed by atoms with E-state index in [-0.39, 0.29) is 0 Å². The molecule has 10 rings (SSSR count). The zero-order chi connectivity index (χ0) is 31.1. The molecule has 0 N–H and O–H groups in total. The Morgan fingerprint density at radius 3 is 2.09 bits per heavy atom. The molecule has 1 aliphatic rings. The van der Waals surface area contributed by atoms with Crippen LogP contribution >= 0.6 is 0 Å². The summed E-state index contributed by atoms with van der Waals surface area (Å²) in [6.45, 7) is 4.51. The fourth-order valence-electron chi connectivity index (χ4n) is 7.81. The van der Waals surface area contributed by atoms with Crippen LogP contribution in [0.2, 0.25) is 0 Å². The van der Waals surface area contributed by atoms with Crippen LogP contribution in [0.25, 0.3) is 77.3 Å². The number of benzene rings is 7. The van der Waals surface area contributed by atoms with Crippen molar-refractivity contribution in [3.8, 4) is 27.9 Å². The largest absolute Gasteiger partial charge is 0.456 e. The molecule has 2 nitrogen and oxygen atoms in total. The molecule has 220 valence electrons. The monoisotopic (exact) mass is 599 g/mol. The second kappa shape index (κ2) is 9.94. The number of aromatic nitrogens is 1. The Hall–Kier alpha value is -6.12. The Bertz CT molecular complexity index is 2740. The quantitative estimate of drug-likeness (QED) is 0.197. The van der Waals surface area contributed by atoms with Gasteiger partial charge in [-0.25, -0.2) is 0 Å². The molecule has 0 saturated carbocycles. The third-order valence-corrected chi connectivity index (χ3v) is 9.94. The molecule has 1 aliphatic carbocycles. The van der Waals surface area contributed by atoms with Gasteiger partial charge < -0.3 is 8.98 Å². The fourth-order valence-corrected chi connectivity index (χ4v) is 7.81. The first kappa shape index (κ1) is 26.1. The fraction of sp³-hybridized carbons (Fsp3) is 0.0222. The van der Waals surface area contributed by atoms with Crippen molar-refractivity contribution in [3.63, 3.8) is 0 Å². The van der Waals surface area contributed by atoms with Crippen molar-refractivity contribution in [1.82, 2.24) is 4.57 Å². The van der Waals surface area contributed by atoms with E-state index in [1.165, 1.54) is 72.0 Å². The van der Waals surface area contributed by atoms with Gasteiger partial charge in [0.05, 0.1) is 11.0 Å². The standard InChI is InChI=1S/C45H29NO/c1-28-34-13-2-3-14-35(34)38-17-9-11-32(45(28)38)24-29-10-8-12-33(25-29)46-41-18-6-4-15-36(41)39-26-30(20-22-42(39)46)31-21-23-44-40(27-31)37-16-5-7-19-43(37)47-44/h2-23,25-27H,1,24H2. The molecule has 0 fully saturated rings. The van der Waals surface area contributed by atoms with E-state index in [0.717, 1.165) is 33.9 Å². The highest BCUT2D eigenvalue weighted by atomic mass is 16.3. The third-order valence-electron chi connectivity index (χ3n) is 9.94. The van der Waals surface area contributed by atoms with Gasteiger partial charge in [-0.15, -0.1) is 0 Å². The van der Waals surface area contributed by atoms with Crippen LogP contribution in [0.1, 0.15) is 22.3 Å². The van der Waals surface area contributed by atoms with Gasteiger partial charge in [-0.3, -0.25) is 0 Å². The Morgan fingerprint density at radius 1 is 0.489 bits per heavy atom. The second-order valence-corrected chi connectivity index (χ2v) is 12.6. The van der Waals surface area contributed by atoms with Crippen LogP contribution in [0.5, 0.6) is 0 Å². The molecule has 0 spiro atoms. The molecular weight excluding hydrogens is 571 g/mol. The number of para-hydroxylation sites is 2. The lowest BCUT2D eigenvalue weighted by Crippen LogP contribution is -1.98. The normalized spacial score (nSPS) is 12.4. The molecule has 0 saturated heterocycles. The predicted octanol–water partition coefficient (Wildman–Crippen LogP) is 12.0. The van der Waals surface area contributed by atoms with Gasteiger partial charge in [-0.05, 0) is 105 Å². The zero-order valence-corrected chi connectivity index (χ0v) is 25.7. The number of nitrogens with zero attached hydrogens (tertiary/aromatic N) is 1. The van der Waals surface area contributed by atoms with Crippen LogP contribution < -0.4 is 0 Å². The van der Waals surface area contributed by atoms with Crippen LogP contribution in [0, 0.1) is 0 Å². The molecule has 2 heteroatoms. The minimum Gasteiger partial charge on any atom is -0.456 e. The summed E-state index contributed by atoms with van der Waals surface area (Å²) in [5.74, 6) is 0. The second-order valence-electron chi connectivity index (χ2n) is 12.6. The van der Waals surface area contributed by atoms with Crippen molar-refractivity contribution in [2.75, 3.05) is 0 Å². The smallest absolute Gasteiger partial charge is 0.135 e. The summed E-state index contributed by atoms with van der Waals surface area (Å²) in [4.78, 5) is 0. The maximum absolute atomic E-state index is 6.10. The van der Waals surface area contributed by atoms with E-state index < -0.39 is 0 Å². The number of hydrogen-bond donors (Lipinski definition) is 0. The summed E-state index contributed by atoms with van der Waals surface area (Å²) in [5, 5.41) is 4.79. The van der Waals surface area contributed by atoms with Gasteiger partial charge in [-0.1, -0.05) is 110 Å². The summed E-state index contributed by atoms with van der Waals surface area (Å²) < 4.78 is 8.52. The highest BCUT2D eigenvalue weighted by Gasteiger charge is 2.24. The summed E-state index contributed by atoms with van der Waals surface area (Å²) in [7, 11) is 0. The third kappa shape index (κ3) is 3.92. The van der Waals surface area contributed by atoms with E-state index in [1.54, 1.807) is 0 Å². The van der Waals surface area contributed by atoms with Gasteiger partial charge in [0, 0.05) is 27.2 Å². The molecule has 0 bridgehead atoms. The maximum Gasteiger partial charge on any atom is 0.135 e. The summed E-state index contributed by atoms with van der Waals surface area (Å²) >= 11 is 0. The van der Waals surface area contributed by atoms with Crippen molar-refractivity contribution < 1.29 is 4.42 Å². The number of rotatable bonds is 4. The molecule has 0 aliphatic heterocycles. The Morgan fingerprint density at radius 2 is 1.17 bits per heavy atom. The summed E-state index contributed by atoms with van der Waals surface area (Å²) in [6.07, 6.45) is 0.844. The Labute approximate surface area is 272 Å². The molecule has 7 aromatic carbocycles. The first-order valence-corrected chi connectivity index (χ1v) is 16.2. The Kier molecular flexibility index (Phi) is 5.53. The average molecular weight is 600 g/mol. The van der Waals surface area contributed by atoms with E-state index in [2.05, 4.69) is 151 Å². The average Bonchev–Trinajstić information content (AvgIpc) is 3.76. The van der Waals surface area contributed by atoms with Crippen LogP contribution in [0.3, 0.4) is 0 Å². The maximum atomic E-state index is 6.10. The SMILES string of the molecule is C=C1c2ccccc2-c2cccc(Cc3cccc(-n4c5ccccc5c5cc(-c6ccc7oc8ccccc8c7c6)ccc54)c3)c21. The molecule has 0 unspecified atom stereocenters. The van der Waals surface area contributed by atoms with Crippen molar-refractivity contribution >= 4 is 49.3 Å². The molecular formula is C45H29NO. The first-order chi connectivity index (χ1) is 23.2. The van der Waals surface area contributed by atoms with Crippen LogP contribution in [-0.2, 0) is 6.42 Å². The van der Waals surface area contributed by atoms with Crippen molar-refractivity contribution in [2.45, 2.75) is 6.42 Å². The zero-order valence-electron chi connectivity index (χ0n) is 25.7. The molecule has 2 heterocycles. The lowest BCUT2D eigenvalue weighted by molar-refractivity contribution is 0.669. The molecule has 47 heavy (non-hydrogen) atoms. The first-order valence-electron chi connectivity index (χ1n) is 16.2. The lowest BCUT2D eigenvalue weighted by atomic mass is 9.94. The molecule has 0 amide bonds. The van der Waals surface area contributed by atoms with Gasteiger partial charge in [0.15, 0.2) is 0 Å². The van der Waals surface area contributed by atoms with Crippen LogP contribution in [-0.4, -0.2) is 4.57 Å². The molecule has 0 atom stereocenters. The number of hydrogen-bond acceptors (Lipinski definition) is 1. The van der Waals surface area contributed by atoms with Gasteiger partial charge in [-0.2, -0.15) is 0 Å². The van der Waals surface area contributed by atoms with E-state index >= 15 is 0 Å². The van der Waals surface area contributed by atoms with Crippen LogP contribution in [0.4, 0.5) is 0 Å². The molecule has 9 aromatic rings. The minimum absolute atomic E-state index is 0.844. The minimum atomic E-state index is 0.844. The van der Waals surface area contributed by atoms with E-state index in [9.17, 15) is 0 Å². The topological polar surface area (TPSA) is 18.1 Å². The molecule has 2 aromatic heterocycles. The predicted molar refractivity (Wildman–Crippen MR) is 196 cm³/mol. The van der Waals surface area contributed by atoms with Crippen molar-refractivity contribution in [1.29, 1.82) is 0 Å².